The van der Waals surface area contributed by atoms with E-state index in [1.165, 1.54) is 25.3 Å². The minimum Gasteiger partial charge on any atom is -0.478 e. The van der Waals surface area contributed by atoms with Crippen molar-refractivity contribution >= 4 is 11.8 Å². The van der Waals surface area contributed by atoms with Crippen LogP contribution in [0.3, 0.4) is 0 Å². The number of ketones is 1. The summed E-state index contributed by atoms with van der Waals surface area (Å²) in [7, 11) is 0. The summed E-state index contributed by atoms with van der Waals surface area (Å²) in [4.78, 5) is 23.4. The molecule has 0 radical (unpaired) electrons. The zero-order chi connectivity index (χ0) is 19.3. The third-order valence-corrected chi connectivity index (χ3v) is 5.51. The van der Waals surface area contributed by atoms with Crippen LogP contribution in [0.2, 0.25) is 0 Å². The van der Waals surface area contributed by atoms with Crippen LogP contribution in [0, 0.1) is 29.1 Å². The predicted octanol–water partition coefficient (Wildman–Crippen LogP) is 5.09. The molecular formula is C23H30O3. The predicted molar refractivity (Wildman–Crippen MR) is 104 cm³/mol. The fraction of sp³-hybridized carbons (Fsp3) is 0.565. The van der Waals surface area contributed by atoms with E-state index < -0.39 is 5.97 Å². The smallest absolute Gasteiger partial charge is 0.328 e. The summed E-state index contributed by atoms with van der Waals surface area (Å²) in [6, 6.07) is 0. The Hall–Kier alpha value is -2.08. The summed E-state index contributed by atoms with van der Waals surface area (Å²) in [5.74, 6) is 6.25. The Kier molecular flexibility index (Phi) is 6.64. The number of aliphatic carboxylic acids is 1. The van der Waals surface area contributed by atoms with Gasteiger partial charge in [-0.3, -0.25) is 4.79 Å². The molecule has 2 aliphatic carbocycles. The zero-order valence-corrected chi connectivity index (χ0v) is 16.4. The Morgan fingerprint density at radius 2 is 1.88 bits per heavy atom. The number of hydrogen-bond acceptors (Lipinski definition) is 2. The summed E-state index contributed by atoms with van der Waals surface area (Å²) in [5, 5.41) is 8.86. The minimum absolute atomic E-state index is 0.0769. The Labute approximate surface area is 157 Å². The van der Waals surface area contributed by atoms with E-state index in [4.69, 9.17) is 5.11 Å². The highest BCUT2D eigenvalue weighted by molar-refractivity contribution is 6.01. The molecule has 0 heterocycles. The molecule has 2 aliphatic rings. The van der Waals surface area contributed by atoms with Gasteiger partial charge in [0.1, 0.15) is 0 Å². The van der Waals surface area contributed by atoms with E-state index in [0.29, 0.717) is 23.5 Å². The van der Waals surface area contributed by atoms with Gasteiger partial charge in [0.05, 0.1) is 5.57 Å². The van der Waals surface area contributed by atoms with Gasteiger partial charge in [0.15, 0.2) is 5.78 Å². The van der Waals surface area contributed by atoms with Crippen molar-refractivity contribution in [2.75, 3.05) is 0 Å². The molecule has 3 heteroatoms. The highest BCUT2D eigenvalue weighted by Gasteiger charge is 2.38. The first-order valence-electron chi connectivity index (χ1n) is 9.55. The lowest BCUT2D eigenvalue weighted by Gasteiger charge is -2.37. The average molecular weight is 354 g/mol. The second kappa shape index (κ2) is 8.54. The maximum absolute atomic E-state index is 12.6. The van der Waals surface area contributed by atoms with E-state index >= 15 is 0 Å². The molecule has 1 N–H and O–H groups in total. The number of rotatable bonds is 3. The standard InChI is InChI=1S/C23H30O3/c1-16(14-22(25)26)10-13-20-17(2)19(21(24)15-23(20,3)4)12-11-18-8-6-5-7-9-18/h10,13-14,18,20H,5-9,15H2,1-4H3,(H,25,26)/b13-10+,16-14-. The van der Waals surface area contributed by atoms with Gasteiger partial charge in [-0.1, -0.05) is 57.1 Å². The van der Waals surface area contributed by atoms with E-state index in [1.807, 2.05) is 19.1 Å². The molecule has 0 saturated heterocycles. The van der Waals surface area contributed by atoms with E-state index in [0.717, 1.165) is 18.4 Å². The van der Waals surface area contributed by atoms with Crippen molar-refractivity contribution in [3.8, 4) is 11.8 Å². The molecule has 0 aliphatic heterocycles. The number of carboxylic acid groups (broad SMARTS) is 1. The number of allylic oxidation sites excluding steroid dienone is 5. The molecule has 1 fully saturated rings. The third-order valence-electron chi connectivity index (χ3n) is 5.51. The summed E-state index contributed by atoms with van der Waals surface area (Å²) in [5.41, 5.74) is 2.17. The number of hydrogen-bond donors (Lipinski definition) is 1. The lowest BCUT2D eigenvalue weighted by atomic mass is 9.66. The molecule has 0 bridgehead atoms. The molecule has 1 atom stereocenters. The van der Waals surface area contributed by atoms with Gasteiger partial charge in [-0.2, -0.15) is 0 Å². The monoisotopic (exact) mass is 354 g/mol. The Bertz CT molecular complexity index is 716. The maximum Gasteiger partial charge on any atom is 0.328 e. The molecule has 0 aromatic rings. The van der Waals surface area contributed by atoms with E-state index in [1.54, 1.807) is 6.92 Å². The van der Waals surface area contributed by atoms with Crippen molar-refractivity contribution in [2.45, 2.75) is 66.2 Å². The van der Waals surface area contributed by atoms with Gasteiger partial charge in [0.25, 0.3) is 0 Å². The Morgan fingerprint density at radius 3 is 2.50 bits per heavy atom. The minimum atomic E-state index is -0.948. The summed E-state index contributed by atoms with van der Waals surface area (Å²) < 4.78 is 0. The zero-order valence-electron chi connectivity index (χ0n) is 16.4. The van der Waals surface area contributed by atoms with Gasteiger partial charge in [-0.15, -0.1) is 0 Å². The lowest BCUT2D eigenvalue weighted by molar-refractivity contribution is -0.131. The van der Waals surface area contributed by atoms with Crippen LogP contribution in [0.5, 0.6) is 0 Å². The first-order chi connectivity index (χ1) is 12.2. The third kappa shape index (κ3) is 5.21. The van der Waals surface area contributed by atoms with Crippen molar-refractivity contribution in [1.82, 2.24) is 0 Å². The second-order valence-electron chi connectivity index (χ2n) is 8.31. The highest BCUT2D eigenvalue weighted by atomic mass is 16.4. The quantitative estimate of drug-likeness (QED) is 0.436. The van der Waals surface area contributed by atoms with Gasteiger partial charge < -0.3 is 5.11 Å². The summed E-state index contributed by atoms with van der Waals surface area (Å²) >= 11 is 0. The average Bonchev–Trinajstić information content (AvgIpc) is 2.53. The van der Waals surface area contributed by atoms with Crippen LogP contribution in [0.4, 0.5) is 0 Å². The van der Waals surface area contributed by atoms with Crippen molar-refractivity contribution < 1.29 is 14.7 Å². The Morgan fingerprint density at radius 1 is 1.23 bits per heavy atom. The number of carbonyl (C=O) groups is 2. The number of Topliss-reactive ketones (excluding diaryl/α,β-unsaturated/α-hetero) is 1. The molecule has 26 heavy (non-hydrogen) atoms. The molecule has 1 unspecified atom stereocenters. The number of carbonyl (C=O) groups excluding carboxylic acids is 1. The van der Waals surface area contributed by atoms with E-state index in [9.17, 15) is 9.59 Å². The molecule has 0 spiro atoms. The molecule has 1 saturated carbocycles. The molecular weight excluding hydrogens is 324 g/mol. The largest absolute Gasteiger partial charge is 0.478 e. The second-order valence-corrected chi connectivity index (χ2v) is 8.31. The van der Waals surface area contributed by atoms with Crippen molar-refractivity contribution in [3.05, 3.63) is 34.9 Å². The molecule has 0 aromatic carbocycles. The molecule has 2 rings (SSSR count). The highest BCUT2D eigenvalue weighted by Crippen LogP contribution is 2.43. The van der Waals surface area contributed by atoms with Crippen LogP contribution in [-0.4, -0.2) is 16.9 Å². The lowest BCUT2D eigenvalue weighted by Crippen LogP contribution is -2.33. The van der Waals surface area contributed by atoms with Crippen molar-refractivity contribution in [3.63, 3.8) is 0 Å². The van der Waals surface area contributed by atoms with Crippen LogP contribution in [0.15, 0.2) is 34.9 Å². The van der Waals surface area contributed by atoms with Gasteiger partial charge in [-0.25, -0.2) is 4.79 Å². The van der Waals surface area contributed by atoms with Crippen molar-refractivity contribution in [1.29, 1.82) is 0 Å². The normalized spacial score (nSPS) is 24.5. The summed E-state index contributed by atoms with van der Waals surface area (Å²) in [6.07, 6.45) is 11.6. The van der Waals surface area contributed by atoms with Crippen LogP contribution >= 0.6 is 0 Å². The van der Waals surface area contributed by atoms with E-state index in [-0.39, 0.29) is 17.1 Å². The number of carboxylic acids is 1. The van der Waals surface area contributed by atoms with Crippen LogP contribution in [0.25, 0.3) is 0 Å². The molecule has 140 valence electrons. The first-order valence-corrected chi connectivity index (χ1v) is 9.55. The van der Waals surface area contributed by atoms with Gasteiger partial charge in [-0.05, 0) is 43.3 Å². The van der Waals surface area contributed by atoms with Crippen LogP contribution < -0.4 is 0 Å². The van der Waals surface area contributed by atoms with E-state index in [2.05, 4.69) is 25.7 Å². The maximum atomic E-state index is 12.6. The molecule has 0 amide bonds. The van der Waals surface area contributed by atoms with Gasteiger partial charge in [0.2, 0.25) is 0 Å². The van der Waals surface area contributed by atoms with Gasteiger partial charge in [0, 0.05) is 24.3 Å². The topological polar surface area (TPSA) is 54.4 Å². The fourth-order valence-electron chi connectivity index (χ4n) is 4.06. The SMILES string of the molecule is CC1=C(C#CC2CCCCC2)C(=O)CC(C)(C)C1/C=C/C(C)=C\C(=O)O. The summed E-state index contributed by atoms with van der Waals surface area (Å²) in [6.45, 7) is 7.94. The molecule has 3 nitrogen and oxygen atoms in total. The van der Waals surface area contributed by atoms with Crippen molar-refractivity contribution in [2.24, 2.45) is 17.3 Å². The fourth-order valence-corrected chi connectivity index (χ4v) is 4.06. The Balaban J connectivity index is 2.31. The first kappa shape index (κ1) is 20.2. The molecule has 0 aromatic heterocycles. The van der Waals surface area contributed by atoms with Crippen LogP contribution in [0.1, 0.15) is 66.2 Å². The van der Waals surface area contributed by atoms with Gasteiger partial charge >= 0.3 is 5.97 Å². The van der Waals surface area contributed by atoms with Crippen LogP contribution in [-0.2, 0) is 9.59 Å².